The molecular formula is C22H26ClN5O2. The number of benzene rings is 1. The minimum Gasteiger partial charge on any atom is -0.326 e. The summed E-state index contributed by atoms with van der Waals surface area (Å²) in [6, 6.07) is 7.44. The average Bonchev–Trinajstić information content (AvgIpc) is 3.14. The molecule has 0 radical (unpaired) electrons. The highest BCUT2D eigenvalue weighted by molar-refractivity contribution is 6.28. The van der Waals surface area contributed by atoms with Gasteiger partial charge < -0.3 is 10.2 Å². The lowest BCUT2D eigenvalue weighted by Crippen LogP contribution is -2.60. The Labute approximate surface area is 180 Å². The van der Waals surface area contributed by atoms with Crippen molar-refractivity contribution in [2.24, 2.45) is 17.3 Å². The summed E-state index contributed by atoms with van der Waals surface area (Å²) in [7, 11) is 1.74. The van der Waals surface area contributed by atoms with E-state index in [1.54, 1.807) is 18.3 Å². The van der Waals surface area contributed by atoms with E-state index in [1.807, 2.05) is 28.9 Å². The number of carbonyl (C=O) groups excluding carboxylic acids is 2. The molecule has 1 N–H and O–H groups in total. The molecule has 8 heteroatoms. The zero-order valence-corrected chi connectivity index (χ0v) is 18.0. The maximum atomic E-state index is 13.5. The Balaban J connectivity index is 1.38. The summed E-state index contributed by atoms with van der Waals surface area (Å²) in [6.45, 7) is 1.53. The molecule has 0 spiro atoms. The minimum absolute atomic E-state index is 0.0288. The maximum absolute atomic E-state index is 13.5. The summed E-state index contributed by atoms with van der Waals surface area (Å²) in [6.07, 6.45) is 7.67. The van der Waals surface area contributed by atoms with Gasteiger partial charge in [-0.2, -0.15) is 0 Å². The van der Waals surface area contributed by atoms with Gasteiger partial charge in [-0.3, -0.25) is 9.59 Å². The first-order valence-corrected chi connectivity index (χ1v) is 10.9. The van der Waals surface area contributed by atoms with Crippen molar-refractivity contribution < 1.29 is 9.59 Å². The lowest BCUT2D eigenvalue weighted by Gasteiger charge is -2.60. The van der Waals surface area contributed by atoms with E-state index >= 15 is 0 Å². The fourth-order valence-electron chi connectivity index (χ4n) is 6.43. The molecule has 1 heterocycles. The molecule has 1 aromatic heterocycles. The highest BCUT2D eigenvalue weighted by Gasteiger charge is 2.61. The first kappa shape index (κ1) is 19.5. The Bertz CT molecular complexity index is 987. The van der Waals surface area contributed by atoms with Crippen LogP contribution in [0.2, 0.25) is 5.28 Å². The molecule has 30 heavy (non-hydrogen) atoms. The Kier molecular flexibility index (Phi) is 4.43. The highest BCUT2D eigenvalue weighted by Crippen LogP contribution is 2.64. The molecule has 7 nitrogen and oxygen atoms in total. The second-order valence-electron chi connectivity index (χ2n) is 9.50. The highest BCUT2D eigenvalue weighted by atomic mass is 35.5. The van der Waals surface area contributed by atoms with E-state index in [0.717, 1.165) is 43.5 Å². The van der Waals surface area contributed by atoms with Gasteiger partial charge in [0, 0.05) is 25.3 Å². The minimum atomic E-state index is -0.378. The molecule has 2 unspecified atom stereocenters. The van der Waals surface area contributed by atoms with Crippen LogP contribution >= 0.6 is 11.6 Å². The van der Waals surface area contributed by atoms with Gasteiger partial charge in [-0.05, 0) is 86.2 Å². The van der Waals surface area contributed by atoms with Crippen LogP contribution in [0, 0.1) is 17.3 Å². The van der Waals surface area contributed by atoms with E-state index in [2.05, 4.69) is 15.4 Å². The van der Waals surface area contributed by atoms with Crippen molar-refractivity contribution in [3.8, 4) is 0 Å². The molecule has 1 aromatic carbocycles. The topological polar surface area (TPSA) is 80.1 Å². The summed E-state index contributed by atoms with van der Waals surface area (Å²) in [5.41, 5.74) is 1.03. The van der Waals surface area contributed by atoms with Crippen molar-refractivity contribution in [2.45, 2.75) is 51.0 Å². The number of rotatable bonds is 4. The number of halogens is 1. The van der Waals surface area contributed by atoms with Gasteiger partial charge in [0.15, 0.2) is 0 Å². The van der Waals surface area contributed by atoms with Gasteiger partial charge in [0.25, 0.3) is 0 Å². The third kappa shape index (κ3) is 3.11. The number of hydrogen-bond acceptors (Lipinski definition) is 4. The SMILES string of the molecule is CC(=O)N(C)c1ccc(NC(=O)C23CC4CC(C2)CC(n2cnc(Cl)n2)(C4)C3)cc1. The summed E-state index contributed by atoms with van der Waals surface area (Å²) in [5.74, 6) is 1.14. The first-order valence-electron chi connectivity index (χ1n) is 10.5. The Morgan fingerprint density at radius 2 is 1.83 bits per heavy atom. The number of carbonyl (C=O) groups is 2. The van der Waals surface area contributed by atoms with E-state index in [1.165, 1.54) is 13.3 Å². The lowest BCUT2D eigenvalue weighted by atomic mass is 9.46. The largest absolute Gasteiger partial charge is 0.326 e. The Morgan fingerprint density at radius 1 is 1.17 bits per heavy atom. The molecule has 2 amide bonds. The van der Waals surface area contributed by atoms with E-state index in [-0.39, 0.29) is 28.1 Å². The van der Waals surface area contributed by atoms with E-state index in [0.29, 0.717) is 11.8 Å². The third-order valence-corrected chi connectivity index (χ3v) is 7.62. The predicted octanol–water partition coefficient (Wildman–Crippen LogP) is 3.85. The average molecular weight is 428 g/mol. The smallest absolute Gasteiger partial charge is 0.242 e. The number of nitrogens with one attached hydrogen (secondary N) is 1. The third-order valence-electron chi connectivity index (χ3n) is 7.45. The molecule has 4 bridgehead atoms. The number of amides is 2. The molecule has 4 aliphatic carbocycles. The molecule has 4 saturated carbocycles. The molecule has 2 aromatic rings. The van der Waals surface area contributed by atoms with Crippen LogP contribution in [0.25, 0.3) is 0 Å². The predicted molar refractivity (Wildman–Crippen MR) is 114 cm³/mol. The summed E-state index contributed by atoms with van der Waals surface area (Å²) >= 11 is 6.01. The van der Waals surface area contributed by atoms with Crippen molar-refractivity contribution in [2.75, 3.05) is 17.3 Å². The molecule has 0 aliphatic heterocycles. The zero-order valence-electron chi connectivity index (χ0n) is 17.3. The first-order chi connectivity index (χ1) is 14.3. The number of aromatic nitrogens is 3. The quantitative estimate of drug-likeness (QED) is 0.803. The van der Waals surface area contributed by atoms with E-state index in [9.17, 15) is 9.59 Å². The van der Waals surface area contributed by atoms with Crippen molar-refractivity contribution in [1.29, 1.82) is 0 Å². The van der Waals surface area contributed by atoms with Gasteiger partial charge in [-0.1, -0.05) is 0 Å². The fraction of sp³-hybridized carbons (Fsp3) is 0.545. The van der Waals surface area contributed by atoms with Crippen LogP contribution < -0.4 is 10.2 Å². The van der Waals surface area contributed by atoms with E-state index in [4.69, 9.17) is 11.6 Å². The Morgan fingerprint density at radius 3 is 2.40 bits per heavy atom. The van der Waals surface area contributed by atoms with Gasteiger partial charge >= 0.3 is 0 Å². The monoisotopic (exact) mass is 427 g/mol. The standard InChI is InChI=1S/C22H26ClN5O2/c1-14(29)27(2)18-5-3-17(4-6-18)25-19(30)21-8-15-7-16(9-21)11-22(10-15,12-21)28-13-24-20(23)26-28/h3-6,13,15-16H,7-12H2,1-2H3,(H,25,30). The number of nitrogens with zero attached hydrogens (tertiary/aromatic N) is 4. The van der Waals surface area contributed by atoms with Gasteiger partial charge in [-0.15, -0.1) is 5.10 Å². The van der Waals surface area contributed by atoms with E-state index < -0.39 is 0 Å². The number of anilines is 2. The summed E-state index contributed by atoms with van der Waals surface area (Å²) in [4.78, 5) is 30.8. The van der Waals surface area contributed by atoms with Crippen LogP contribution in [-0.4, -0.2) is 33.6 Å². The molecule has 0 saturated heterocycles. The maximum Gasteiger partial charge on any atom is 0.242 e. The second kappa shape index (κ2) is 6.80. The van der Waals surface area contributed by atoms with Gasteiger partial charge in [-0.25, -0.2) is 9.67 Å². The van der Waals surface area contributed by atoms with Crippen LogP contribution in [0.15, 0.2) is 30.6 Å². The normalized spacial score (nSPS) is 31.6. The van der Waals surface area contributed by atoms with Gasteiger partial charge in [0.2, 0.25) is 17.1 Å². The van der Waals surface area contributed by atoms with Crippen LogP contribution in [0.3, 0.4) is 0 Å². The summed E-state index contributed by atoms with van der Waals surface area (Å²) < 4.78 is 1.93. The van der Waals surface area contributed by atoms with Crippen molar-refractivity contribution in [3.05, 3.63) is 35.9 Å². The van der Waals surface area contributed by atoms with Gasteiger partial charge in [0.1, 0.15) is 6.33 Å². The van der Waals surface area contributed by atoms with Crippen molar-refractivity contribution >= 4 is 34.8 Å². The second-order valence-corrected chi connectivity index (χ2v) is 9.84. The van der Waals surface area contributed by atoms with Crippen LogP contribution in [0.5, 0.6) is 0 Å². The Hall–Kier alpha value is -2.41. The summed E-state index contributed by atoms with van der Waals surface area (Å²) in [5, 5.41) is 7.84. The molecule has 4 aliphatic rings. The number of hydrogen-bond donors (Lipinski definition) is 1. The van der Waals surface area contributed by atoms with Crippen LogP contribution in [0.1, 0.15) is 45.4 Å². The van der Waals surface area contributed by atoms with Crippen LogP contribution in [0.4, 0.5) is 11.4 Å². The molecule has 2 atom stereocenters. The molecular weight excluding hydrogens is 402 g/mol. The molecule has 158 valence electrons. The molecule has 6 rings (SSSR count). The fourth-order valence-corrected chi connectivity index (χ4v) is 6.56. The van der Waals surface area contributed by atoms with Crippen LogP contribution in [-0.2, 0) is 15.1 Å². The molecule has 4 fully saturated rings. The van der Waals surface area contributed by atoms with Crippen molar-refractivity contribution in [1.82, 2.24) is 14.8 Å². The lowest BCUT2D eigenvalue weighted by molar-refractivity contribution is -0.150. The zero-order chi connectivity index (χ0) is 21.1. The van der Waals surface area contributed by atoms with Gasteiger partial charge in [0.05, 0.1) is 11.0 Å². The van der Waals surface area contributed by atoms with Crippen molar-refractivity contribution in [3.63, 3.8) is 0 Å².